The number of benzene rings is 1. The van der Waals surface area contributed by atoms with Gasteiger partial charge in [0.1, 0.15) is 0 Å². The number of hydrogen-bond donors (Lipinski definition) is 2. The molecule has 0 saturated carbocycles. The van der Waals surface area contributed by atoms with Gasteiger partial charge in [-0.25, -0.2) is 0 Å². The van der Waals surface area contributed by atoms with Crippen molar-refractivity contribution < 1.29 is 0 Å². The molecule has 122 valence electrons. The van der Waals surface area contributed by atoms with Crippen molar-refractivity contribution in [3.05, 3.63) is 95.3 Å². The maximum Gasteiger partial charge on any atom is 0.0501 e. The fraction of sp³-hybridized carbons (Fsp3) is 0.130. The van der Waals surface area contributed by atoms with Gasteiger partial charge in [-0.15, -0.1) is 0 Å². The van der Waals surface area contributed by atoms with E-state index in [4.69, 9.17) is 0 Å². The van der Waals surface area contributed by atoms with Crippen LogP contribution in [-0.2, 0) is 6.42 Å². The van der Waals surface area contributed by atoms with Crippen LogP contribution in [0.3, 0.4) is 0 Å². The average molecular weight is 324 g/mol. The molecule has 0 radical (unpaired) electrons. The molecule has 0 spiro atoms. The molecular weight excluding hydrogens is 304 g/mol. The van der Waals surface area contributed by atoms with Gasteiger partial charge in [0, 0.05) is 34.3 Å². The molecule has 0 unspecified atom stereocenters. The van der Waals surface area contributed by atoms with Crippen molar-refractivity contribution in [2.45, 2.75) is 12.8 Å². The summed E-state index contributed by atoms with van der Waals surface area (Å²) in [5.74, 6) is 0. The maximum atomic E-state index is 4.22. The summed E-state index contributed by atoms with van der Waals surface area (Å²) in [7, 11) is 0. The van der Waals surface area contributed by atoms with E-state index in [-0.39, 0.29) is 0 Å². The van der Waals surface area contributed by atoms with E-state index < -0.39 is 0 Å². The molecule has 1 aromatic carbocycles. The molecular formula is C23H20N2. The molecule has 1 aliphatic heterocycles. The molecule has 3 aliphatic rings. The van der Waals surface area contributed by atoms with Crippen LogP contribution in [0, 0.1) is 0 Å². The Hall–Kier alpha value is -3.00. The molecule has 2 aromatic rings. The highest BCUT2D eigenvalue weighted by Gasteiger charge is 2.22. The van der Waals surface area contributed by atoms with Crippen LogP contribution in [0.1, 0.15) is 23.2 Å². The number of hydrogen-bond acceptors (Lipinski definition) is 1. The quantitative estimate of drug-likeness (QED) is 0.755. The standard InChI is InChI=1S/C23H20N2/c1-15-18-9-5-11-21-22(18)20(12-13-24-15)23(25-21)19-10-4-7-16-6-2-3-8-17(19)14-16/h2-11,24-25H,1,12-14H2. The van der Waals surface area contributed by atoms with E-state index >= 15 is 0 Å². The first-order valence-electron chi connectivity index (χ1n) is 8.83. The zero-order valence-electron chi connectivity index (χ0n) is 14.1. The summed E-state index contributed by atoms with van der Waals surface area (Å²) < 4.78 is 0. The molecule has 0 saturated heterocycles. The third kappa shape index (κ3) is 2.25. The van der Waals surface area contributed by atoms with E-state index in [0.29, 0.717) is 0 Å². The number of fused-ring (bicyclic) bond motifs is 2. The van der Waals surface area contributed by atoms with Crippen LogP contribution in [0.5, 0.6) is 0 Å². The van der Waals surface area contributed by atoms with E-state index in [0.717, 1.165) is 25.1 Å². The van der Waals surface area contributed by atoms with Crippen molar-refractivity contribution in [2.75, 3.05) is 6.54 Å². The van der Waals surface area contributed by atoms with Crippen LogP contribution in [0.4, 0.5) is 0 Å². The Bertz CT molecular complexity index is 1050. The van der Waals surface area contributed by atoms with Gasteiger partial charge in [0.25, 0.3) is 0 Å². The molecule has 2 bridgehead atoms. The van der Waals surface area contributed by atoms with E-state index in [9.17, 15) is 0 Å². The second kappa shape index (κ2) is 5.52. The summed E-state index contributed by atoms with van der Waals surface area (Å²) in [6.07, 6.45) is 17.3. The number of aromatic nitrogens is 1. The van der Waals surface area contributed by atoms with E-state index in [1.807, 2.05) is 0 Å². The first kappa shape index (κ1) is 14.4. The third-order valence-electron chi connectivity index (χ3n) is 5.27. The molecule has 0 atom stereocenters. The predicted molar refractivity (Wildman–Crippen MR) is 106 cm³/mol. The highest BCUT2D eigenvalue weighted by atomic mass is 14.9. The predicted octanol–water partition coefficient (Wildman–Crippen LogP) is 5.05. The maximum absolute atomic E-state index is 4.22. The lowest BCUT2D eigenvalue weighted by molar-refractivity contribution is 0.860. The van der Waals surface area contributed by atoms with Gasteiger partial charge in [-0.05, 0) is 35.6 Å². The number of rotatable bonds is 1. The average Bonchev–Trinajstić information content (AvgIpc) is 2.83. The summed E-state index contributed by atoms with van der Waals surface area (Å²) in [5.41, 5.74) is 10.1. The number of nitrogens with one attached hydrogen (secondary N) is 2. The molecule has 5 rings (SSSR count). The van der Waals surface area contributed by atoms with Crippen molar-refractivity contribution in [1.82, 2.24) is 10.3 Å². The summed E-state index contributed by atoms with van der Waals surface area (Å²) in [5, 5.41) is 4.78. The lowest BCUT2D eigenvalue weighted by Crippen LogP contribution is -2.12. The minimum absolute atomic E-state index is 0.917. The molecule has 25 heavy (non-hydrogen) atoms. The van der Waals surface area contributed by atoms with Crippen molar-refractivity contribution in [3.63, 3.8) is 0 Å². The highest BCUT2D eigenvalue weighted by Crippen LogP contribution is 2.39. The Morgan fingerprint density at radius 1 is 1.00 bits per heavy atom. The Labute approximate surface area is 147 Å². The van der Waals surface area contributed by atoms with Crippen LogP contribution < -0.4 is 5.32 Å². The molecule has 0 fully saturated rings. The smallest absolute Gasteiger partial charge is 0.0501 e. The lowest BCUT2D eigenvalue weighted by Gasteiger charge is -2.11. The Morgan fingerprint density at radius 3 is 2.88 bits per heavy atom. The van der Waals surface area contributed by atoms with Gasteiger partial charge < -0.3 is 10.3 Å². The molecule has 2 heteroatoms. The van der Waals surface area contributed by atoms with Crippen LogP contribution in [-0.4, -0.2) is 11.5 Å². The van der Waals surface area contributed by atoms with Gasteiger partial charge in [0.2, 0.25) is 0 Å². The van der Waals surface area contributed by atoms with Crippen LogP contribution >= 0.6 is 0 Å². The van der Waals surface area contributed by atoms with E-state index in [2.05, 4.69) is 77.6 Å². The monoisotopic (exact) mass is 324 g/mol. The minimum Gasteiger partial charge on any atom is -0.385 e. The van der Waals surface area contributed by atoms with E-state index in [1.165, 1.54) is 44.4 Å². The molecule has 2 nitrogen and oxygen atoms in total. The Morgan fingerprint density at radius 2 is 1.92 bits per heavy atom. The summed E-state index contributed by atoms with van der Waals surface area (Å²) in [6, 6.07) is 6.44. The van der Waals surface area contributed by atoms with Crippen molar-refractivity contribution in [2.24, 2.45) is 0 Å². The van der Waals surface area contributed by atoms with Gasteiger partial charge in [-0.2, -0.15) is 0 Å². The second-order valence-electron chi connectivity index (χ2n) is 6.80. The van der Waals surface area contributed by atoms with Crippen molar-refractivity contribution >= 4 is 22.2 Å². The minimum atomic E-state index is 0.917. The van der Waals surface area contributed by atoms with E-state index in [1.54, 1.807) is 0 Å². The number of allylic oxidation sites excluding steroid dienone is 10. The zero-order valence-corrected chi connectivity index (χ0v) is 14.1. The Kier molecular flexibility index (Phi) is 3.17. The summed E-state index contributed by atoms with van der Waals surface area (Å²) in [4.78, 5) is 3.71. The first-order valence-corrected chi connectivity index (χ1v) is 8.83. The molecule has 2 N–H and O–H groups in total. The Balaban J connectivity index is 1.76. The highest BCUT2D eigenvalue weighted by molar-refractivity contribution is 5.99. The van der Waals surface area contributed by atoms with Crippen molar-refractivity contribution in [1.29, 1.82) is 0 Å². The van der Waals surface area contributed by atoms with Crippen LogP contribution in [0.15, 0.2) is 78.5 Å². The van der Waals surface area contributed by atoms with Gasteiger partial charge in [-0.3, -0.25) is 0 Å². The van der Waals surface area contributed by atoms with Gasteiger partial charge >= 0.3 is 0 Å². The SMILES string of the molecule is C=C1NCCc2c(C3=CC=CC4=CC=CC=C3C4)[nH]c3cccc1c23. The molecule has 2 heterocycles. The van der Waals surface area contributed by atoms with Gasteiger partial charge in [-0.1, -0.05) is 61.2 Å². The van der Waals surface area contributed by atoms with Crippen molar-refractivity contribution in [3.8, 4) is 0 Å². The molecule has 0 amide bonds. The fourth-order valence-corrected chi connectivity index (χ4v) is 4.09. The lowest BCUT2D eigenvalue weighted by atomic mass is 9.93. The zero-order chi connectivity index (χ0) is 16.8. The number of aromatic amines is 1. The van der Waals surface area contributed by atoms with Crippen LogP contribution in [0.2, 0.25) is 0 Å². The number of H-pyrrole nitrogens is 1. The fourth-order valence-electron chi connectivity index (χ4n) is 4.09. The second-order valence-corrected chi connectivity index (χ2v) is 6.80. The normalized spacial score (nSPS) is 18.7. The molecule has 1 aromatic heterocycles. The molecule has 2 aliphatic carbocycles. The summed E-state index contributed by atoms with van der Waals surface area (Å²) in [6.45, 7) is 5.14. The van der Waals surface area contributed by atoms with Gasteiger partial charge in [0.15, 0.2) is 0 Å². The van der Waals surface area contributed by atoms with Gasteiger partial charge in [0.05, 0.1) is 5.69 Å². The largest absolute Gasteiger partial charge is 0.385 e. The first-order chi connectivity index (χ1) is 12.3. The summed E-state index contributed by atoms with van der Waals surface area (Å²) >= 11 is 0. The third-order valence-corrected chi connectivity index (χ3v) is 5.27. The van der Waals surface area contributed by atoms with Crippen LogP contribution in [0.25, 0.3) is 22.2 Å². The topological polar surface area (TPSA) is 27.8 Å².